The lowest BCUT2D eigenvalue weighted by atomic mass is 10.2. The molecular weight excluding hydrogens is 232 g/mol. The molecule has 0 bridgehead atoms. The van der Waals surface area contributed by atoms with Crippen LogP contribution in [0.15, 0.2) is 27.4 Å². The molecule has 0 aliphatic heterocycles. The summed E-state index contributed by atoms with van der Waals surface area (Å²) >= 11 is 0. The average Bonchev–Trinajstić information content (AvgIpc) is 2.61. The molecule has 96 valence electrons. The van der Waals surface area contributed by atoms with Crippen molar-refractivity contribution in [2.24, 2.45) is 7.05 Å². The van der Waals surface area contributed by atoms with Gasteiger partial charge in [-0.15, -0.1) is 0 Å². The number of carbonyl (C=O) groups excluding carboxylic acids is 1. The van der Waals surface area contributed by atoms with Gasteiger partial charge in [0.05, 0.1) is 5.52 Å². The van der Waals surface area contributed by atoms with Crippen molar-refractivity contribution < 1.29 is 9.21 Å². The number of hydrogen-bond acceptors (Lipinski definition) is 4. The van der Waals surface area contributed by atoms with Gasteiger partial charge in [-0.05, 0) is 31.5 Å². The molecule has 1 heterocycles. The first kappa shape index (κ1) is 12.4. The normalized spacial score (nSPS) is 10.8. The Morgan fingerprint density at radius 2 is 2.22 bits per heavy atom. The number of carbonyl (C=O) groups is 1. The number of ketones is 1. The van der Waals surface area contributed by atoms with Gasteiger partial charge in [0.25, 0.3) is 0 Å². The van der Waals surface area contributed by atoms with Crippen molar-refractivity contribution in [3.63, 3.8) is 0 Å². The molecule has 2 aromatic rings. The summed E-state index contributed by atoms with van der Waals surface area (Å²) in [4.78, 5) is 22.1. The maximum atomic E-state index is 11.3. The van der Waals surface area contributed by atoms with Gasteiger partial charge in [-0.3, -0.25) is 4.57 Å². The van der Waals surface area contributed by atoms with Crippen LogP contribution < -0.4 is 11.1 Å². The van der Waals surface area contributed by atoms with E-state index in [9.17, 15) is 9.59 Å². The number of aromatic nitrogens is 1. The van der Waals surface area contributed by atoms with Crippen LogP contribution >= 0.6 is 0 Å². The molecule has 0 aliphatic carbocycles. The summed E-state index contributed by atoms with van der Waals surface area (Å²) in [7, 11) is 1.67. The molecule has 1 aromatic carbocycles. The molecule has 0 fully saturated rings. The van der Waals surface area contributed by atoms with Crippen molar-refractivity contribution in [3.8, 4) is 0 Å². The Kier molecular flexibility index (Phi) is 3.50. The van der Waals surface area contributed by atoms with E-state index in [1.807, 2.05) is 12.1 Å². The summed E-state index contributed by atoms with van der Waals surface area (Å²) in [6.45, 7) is 2.32. The zero-order valence-electron chi connectivity index (χ0n) is 10.5. The van der Waals surface area contributed by atoms with Gasteiger partial charge in [0.15, 0.2) is 5.58 Å². The molecule has 0 aliphatic rings. The van der Waals surface area contributed by atoms with Crippen LogP contribution in [0, 0.1) is 0 Å². The molecule has 0 amide bonds. The Hall–Kier alpha value is -2.04. The van der Waals surface area contributed by atoms with Gasteiger partial charge < -0.3 is 14.5 Å². The second-order valence-electron chi connectivity index (χ2n) is 4.34. The van der Waals surface area contributed by atoms with Crippen LogP contribution in [0.1, 0.15) is 19.8 Å². The number of anilines is 1. The molecule has 1 N–H and O–H groups in total. The first-order valence-electron chi connectivity index (χ1n) is 5.91. The molecular formula is C13H16N2O3. The fraction of sp³-hybridized carbons (Fsp3) is 0.385. The summed E-state index contributed by atoms with van der Waals surface area (Å²) < 4.78 is 6.51. The highest BCUT2D eigenvalue weighted by atomic mass is 16.4. The number of hydrogen-bond donors (Lipinski definition) is 1. The topological polar surface area (TPSA) is 64.2 Å². The maximum Gasteiger partial charge on any atom is 0.419 e. The van der Waals surface area contributed by atoms with E-state index in [2.05, 4.69) is 5.32 Å². The molecule has 0 radical (unpaired) electrons. The average molecular weight is 248 g/mol. The van der Waals surface area contributed by atoms with E-state index in [0.29, 0.717) is 12.0 Å². The van der Waals surface area contributed by atoms with E-state index in [0.717, 1.165) is 24.2 Å². The van der Waals surface area contributed by atoms with Crippen LogP contribution in [-0.4, -0.2) is 16.9 Å². The molecule has 0 atom stereocenters. The van der Waals surface area contributed by atoms with Gasteiger partial charge >= 0.3 is 5.76 Å². The Morgan fingerprint density at radius 3 is 2.94 bits per heavy atom. The standard InChI is InChI=1S/C13H16N2O3/c1-9(16)4-3-7-14-10-5-6-12-11(8-10)15(2)13(17)18-12/h5-6,8,14H,3-4,7H2,1-2H3. The van der Waals surface area contributed by atoms with Crippen molar-refractivity contribution in [2.75, 3.05) is 11.9 Å². The Bertz CT molecular complexity index is 625. The fourth-order valence-electron chi connectivity index (χ4n) is 1.81. The third kappa shape index (κ3) is 2.61. The summed E-state index contributed by atoms with van der Waals surface area (Å²) in [5, 5.41) is 3.22. The van der Waals surface area contributed by atoms with E-state index >= 15 is 0 Å². The van der Waals surface area contributed by atoms with Gasteiger partial charge in [0, 0.05) is 25.7 Å². The lowest BCUT2D eigenvalue weighted by molar-refractivity contribution is -0.117. The maximum absolute atomic E-state index is 11.3. The Balaban J connectivity index is 2.08. The summed E-state index contributed by atoms with van der Waals surface area (Å²) in [6, 6.07) is 5.50. The van der Waals surface area contributed by atoms with E-state index in [1.165, 1.54) is 4.57 Å². The third-order valence-electron chi connectivity index (χ3n) is 2.83. The predicted molar refractivity (Wildman–Crippen MR) is 69.9 cm³/mol. The zero-order valence-corrected chi connectivity index (χ0v) is 10.5. The minimum atomic E-state index is -0.362. The minimum Gasteiger partial charge on any atom is -0.408 e. The quantitative estimate of drug-likeness (QED) is 0.821. The number of nitrogens with zero attached hydrogens (tertiary/aromatic N) is 1. The van der Waals surface area contributed by atoms with Crippen molar-refractivity contribution in [3.05, 3.63) is 28.7 Å². The highest BCUT2D eigenvalue weighted by molar-refractivity contribution is 5.77. The van der Waals surface area contributed by atoms with Gasteiger partial charge in [0.2, 0.25) is 0 Å². The SMILES string of the molecule is CC(=O)CCCNc1ccc2oc(=O)n(C)c2c1. The van der Waals surface area contributed by atoms with Crippen LogP contribution in [0.5, 0.6) is 0 Å². The molecule has 0 spiro atoms. The summed E-state index contributed by atoms with van der Waals surface area (Å²) in [5.41, 5.74) is 2.26. The number of benzene rings is 1. The van der Waals surface area contributed by atoms with E-state index < -0.39 is 0 Å². The highest BCUT2D eigenvalue weighted by Crippen LogP contribution is 2.17. The molecule has 5 heteroatoms. The molecule has 0 unspecified atom stereocenters. The second kappa shape index (κ2) is 5.08. The van der Waals surface area contributed by atoms with Gasteiger partial charge in [0.1, 0.15) is 5.78 Å². The molecule has 2 rings (SSSR count). The highest BCUT2D eigenvalue weighted by Gasteiger charge is 2.05. The number of oxazole rings is 1. The third-order valence-corrected chi connectivity index (χ3v) is 2.83. The van der Waals surface area contributed by atoms with Crippen molar-refractivity contribution >= 4 is 22.6 Å². The van der Waals surface area contributed by atoms with Crippen molar-refractivity contribution in [1.82, 2.24) is 4.57 Å². The van der Waals surface area contributed by atoms with Crippen LogP contribution in [-0.2, 0) is 11.8 Å². The van der Waals surface area contributed by atoms with Gasteiger partial charge in [-0.25, -0.2) is 4.79 Å². The number of rotatable bonds is 5. The molecule has 1 aromatic heterocycles. The number of fused-ring (bicyclic) bond motifs is 1. The molecule has 5 nitrogen and oxygen atoms in total. The van der Waals surface area contributed by atoms with Crippen LogP contribution in [0.25, 0.3) is 11.1 Å². The lowest BCUT2D eigenvalue weighted by Gasteiger charge is -2.05. The van der Waals surface area contributed by atoms with Crippen molar-refractivity contribution in [1.29, 1.82) is 0 Å². The smallest absolute Gasteiger partial charge is 0.408 e. The van der Waals surface area contributed by atoms with Crippen LogP contribution in [0.3, 0.4) is 0 Å². The summed E-state index contributed by atoms with van der Waals surface area (Å²) in [5.74, 6) is -0.164. The van der Waals surface area contributed by atoms with E-state index in [-0.39, 0.29) is 11.5 Å². The summed E-state index contributed by atoms with van der Waals surface area (Å²) in [6.07, 6.45) is 1.39. The zero-order chi connectivity index (χ0) is 13.1. The van der Waals surface area contributed by atoms with Crippen LogP contribution in [0.4, 0.5) is 5.69 Å². The first-order valence-corrected chi connectivity index (χ1v) is 5.91. The van der Waals surface area contributed by atoms with E-state index in [4.69, 9.17) is 4.42 Å². The monoisotopic (exact) mass is 248 g/mol. The molecule has 0 saturated carbocycles. The number of Topliss-reactive ketones (excluding diaryl/α,β-unsaturated/α-hetero) is 1. The Labute approximate surface area is 104 Å². The lowest BCUT2D eigenvalue weighted by Crippen LogP contribution is -2.08. The van der Waals surface area contributed by atoms with Gasteiger partial charge in [-0.1, -0.05) is 0 Å². The first-order chi connectivity index (χ1) is 8.58. The van der Waals surface area contributed by atoms with Gasteiger partial charge in [-0.2, -0.15) is 0 Å². The largest absolute Gasteiger partial charge is 0.419 e. The fourth-order valence-corrected chi connectivity index (χ4v) is 1.81. The Morgan fingerprint density at radius 1 is 1.44 bits per heavy atom. The molecule has 18 heavy (non-hydrogen) atoms. The molecule has 0 saturated heterocycles. The second-order valence-corrected chi connectivity index (χ2v) is 4.34. The van der Waals surface area contributed by atoms with Crippen molar-refractivity contribution in [2.45, 2.75) is 19.8 Å². The minimum absolute atomic E-state index is 0.199. The van der Waals surface area contributed by atoms with E-state index in [1.54, 1.807) is 20.0 Å². The number of aryl methyl sites for hydroxylation is 1. The predicted octanol–water partition coefficient (Wildman–Crippen LogP) is 1.91. The van der Waals surface area contributed by atoms with Crippen LogP contribution in [0.2, 0.25) is 0 Å². The number of nitrogens with one attached hydrogen (secondary N) is 1.